The van der Waals surface area contributed by atoms with Crippen LogP contribution in [0.2, 0.25) is 0 Å². The van der Waals surface area contributed by atoms with Crippen LogP contribution in [0.1, 0.15) is 51.4 Å². The lowest BCUT2D eigenvalue weighted by Crippen LogP contribution is -2.48. The van der Waals surface area contributed by atoms with E-state index in [0.29, 0.717) is 36.8 Å². The minimum absolute atomic E-state index is 0.0235. The summed E-state index contributed by atoms with van der Waals surface area (Å²) in [5, 5.41) is 12.9. The van der Waals surface area contributed by atoms with Crippen molar-refractivity contribution < 1.29 is 24.0 Å². The van der Waals surface area contributed by atoms with Crippen molar-refractivity contribution in [3.8, 4) is 0 Å². The van der Waals surface area contributed by atoms with E-state index < -0.39 is 12.0 Å². The lowest BCUT2D eigenvalue weighted by Gasteiger charge is -2.30. The monoisotopic (exact) mass is 404 g/mol. The molecule has 4 rings (SSSR count). The Labute approximate surface area is 169 Å². The largest absolute Gasteiger partial charge is 0.432 e. The Morgan fingerprint density at radius 3 is 2.79 bits per heavy atom. The number of carbonyl (C=O) groups excluding carboxylic acids is 3. The van der Waals surface area contributed by atoms with Crippen LogP contribution < -0.4 is 5.32 Å². The van der Waals surface area contributed by atoms with Gasteiger partial charge < -0.3 is 9.32 Å². The molecule has 158 valence electrons. The van der Waals surface area contributed by atoms with Crippen molar-refractivity contribution in [1.82, 2.24) is 14.9 Å². The fourth-order valence-corrected chi connectivity index (χ4v) is 4.94. The third-order valence-corrected chi connectivity index (χ3v) is 6.68. The Bertz CT molecular complexity index is 742. The molecule has 0 radical (unpaired) electrons. The highest BCUT2D eigenvalue weighted by Gasteiger charge is 2.56. The van der Waals surface area contributed by atoms with Crippen molar-refractivity contribution in [1.29, 1.82) is 0 Å². The van der Waals surface area contributed by atoms with E-state index in [4.69, 9.17) is 4.42 Å². The highest BCUT2D eigenvalue weighted by molar-refractivity contribution is 5.96. The molecule has 0 aromatic carbocycles. The van der Waals surface area contributed by atoms with Gasteiger partial charge in [-0.1, -0.05) is 25.7 Å². The van der Waals surface area contributed by atoms with Crippen LogP contribution in [-0.2, 0) is 14.4 Å². The number of amides is 3. The van der Waals surface area contributed by atoms with E-state index in [0.717, 1.165) is 38.5 Å². The molecule has 2 saturated carbocycles. The fourth-order valence-electron chi connectivity index (χ4n) is 4.94. The lowest BCUT2D eigenvalue weighted by atomic mass is 9.91. The van der Waals surface area contributed by atoms with Gasteiger partial charge in [-0.2, -0.15) is 0 Å². The van der Waals surface area contributed by atoms with E-state index in [1.165, 1.54) is 12.5 Å². The SMILES string of the molecule is O=CN(O)CC(CC1CCCC1)C(=O)N1CC2(CC2)CC1C(=O)Nc1ncco1. The maximum absolute atomic E-state index is 13.5. The number of rotatable bonds is 8. The number of aromatic nitrogens is 1. The molecule has 2 aliphatic carbocycles. The van der Waals surface area contributed by atoms with Gasteiger partial charge in [0, 0.05) is 6.54 Å². The molecule has 1 aromatic heterocycles. The number of likely N-dealkylation sites (tertiary alicyclic amines) is 1. The van der Waals surface area contributed by atoms with Gasteiger partial charge in [0.05, 0.1) is 18.7 Å². The number of oxazole rings is 1. The van der Waals surface area contributed by atoms with Crippen molar-refractivity contribution in [3.05, 3.63) is 12.5 Å². The molecule has 2 N–H and O–H groups in total. The van der Waals surface area contributed by atoms with E-state index in [1.807, 2.05) is 0 Å². The molecular weight excluding hydrogens is 376 g/mol. The average Bonchev–Trinajstić information content (AvgIpc) is 3.13. The van der Waals surface area contributed by atoms with Crippen molar-refractivity contribution in [2.75, 3.05) is 18.4 Å². The van der Waals surface area contributed by atoms with E-state index in [-0.39, 0.29) is 29.8 Å². The van der Waals surface area contributed by atoms with Gasteiger partial charge in [-0.05, 0) is 37.0 Å². The molecule has 9 heteroatoms. The molecule has 2 unspecified atom stereocenters. The molecule has 1 aliphatic heterocycles. The van der Waals surface area contributed by atoms with Crippen LogP contribution in [0.15, 0.2) is 16.9 Å². The van der Waals surface area contributed by atoms with Gasteiger partial charge in [-0.25, -0.2) is 10.0 Å². The van der Waals surface area contributed by atoms with Crippen LogP contribution >= 0.6 is 0 Å². The van der Waals surface area contributed by atoms with Gasteiger partial charge in [0.25, 0.3) is 5.91 Å². The van der Waals surface area contributed by atoms with E-state index in [9.17, 15) is 19.6 Å². The summed E-state index contributed by atoms with van der Waals surface area (Å²) >= 11 is 0. The molecule has 2 atom stereocenters. The van der Waals surface area contributed by atoms with Gasteiger partial charge >= 0.3 is 6.01 Å². The minimum Gasteiger partial charge on any atom is -0.432 e. The Kier molecular flexibility index (Phi) is 5.58. The fraction of sp³-hybridized carbons (Fsp3) is 0.700. The van der Waals surface area contributed by atoms with Crippen LogP contribution in [0.4, 0.5) is 6.01 Å². The van der Waals surface area contributed by atoms with Crippen LogP contribution in [0.5, 0.6) is 0 Å². The second-order valence-electron chi connectivity index (χ2n) is 8.82. The van der Waals surface area contributed by atoms with Gasteiger partial charge in [0.1, 0.15) is 12.3 Å². The number of hydroxylamine groups is 2. The minimum atomic E-state index is -0.591. The predicted octanol–water partition coefficient (Wildman–Crippen LogP) is 2.04. The topological polar surface area (TPSA) is 116 Å². The molecular formula is C20H28N4O5. The molecule has 9 nitrogen and oxygen atoms in total. The number of nitrogens with one attached hydrogen (secondary N) is 1. The second kappa shape index (κ2) is 8.14. The molecule has 29 heavy (non-hydrogen) atoms. The maximum Gasteiger partial charge on any atom is 0.301 e. The van der Waals surface area contributed by atoms with Gasteiger partial charge in [0.2, 0.25) is 12.3 Å². The maximum atomic E-state index is 13.5. The van der Waals surface area contributed by atoms with E-state index in [1.54, 1.807) is 4.90 Å². The summed E-state index contributed by atoms with van der Waals surface area (Å²) < 4.78 is 5.11. The zero-order chi connectivity index (χ0) is 20.4. The summed E-state index contributed by atoms with van der Waals surface area (Å²) in [4.78, 5) is 42.9. The second-order valence-corrected chi connectivity index (χ2v) is 8.82. The van der Waals surface area contributed by atoms with Crippen LogP contribution in [-0.4, -0.2) is 57.5 Å². The van der Waals surface area contributed by atoms with Gasteiger partial charge in [-0.15, -0.1) is 0 Å². The zero-order valence-corrected chi connectivity index (χ0v) is 16.5. The molecule has 1 spiro atoms. The number of anilines is 1. The molecule has 3 fully saturated rings. The quantitative estimate of drug-likeness (QED) is 0.389. The number of nitrogens with zero attached hydrogens (tertiary/aromatic N) is 3. The summed E-state index contributed by atoms with van der Waals surface area (Å²) in [6.07, 6.45) is 10.8. The predicted molar refractivity (Wildman–Crippen MR) is 102 cm³/mol. The summed E-state index contributed by atoms with van der Waals surface area (Å²) in [7, 11) is 0. The zero-order valence-electron chi connectivity index (χ0n) is 16.5. The molecule has 1 aromatic rings. The lowest BCUT2D eigenvalue weighted by molar-refractivity contribution is -0.158. The highest BCUT2D eigenvalue weighted by atomic mass is 16.5. The number of carbonyl (C=O) groups is 3. The third-order valence-electron chi connectivity index (χ3n) is 6.68. The van der Waals surface area contributed by atoms with Crippen LogP contribution in [0.3, 0.4) is 0 Å². The Hall–Kier alpha value is -2.42. The smallest absolute Gasteiger partial charge is 0.301 e. The summed E-state index contributed by atoms with van der Waals surface area (Å²) in [5.41, 5.74) is 0.0235. The Balaban J connectivity index is 1.50. The first-order valence-electron chi connectivity index (χ1n) is 10.4. The highest BCUT2D eigenvalue weighted by Crippen LogP contribution is 2.55. The molecule has 3 amide bonds. The molecule has 3 aliphatic rings. The molecule has 0 bridgehead atoms. The Morgan fingerprint density at radius 2 is 2.17 bits per heavy atom. The van der Waals surface area contributed by atoms with E-state index >= 15 is 0 Å². The van der Waals surface area contributed by atoms with Crippen LogP contribution in [0.25, 0.3) is 0 Å². The third kappa shape index (κ3) is 4.44. The number of hydrogen-bond donors (Lipinski definition) is 2. The van der Waals surface area contributed by atoms with Gasteiger partial charge in [-0.3, -0.25) is 24.9 Å². The first-order chi connectivity index (χ1) is 14.0. The van der Waals surface area contributed by atoms with Crippen molar-refractivity contribution in [2.45, 2.75) is 57.4 Å². The summed E-state index contributed by atoms with van der Waals surface area (Å²) in [5.74, 6) is -0.560. The standard InChI is InChI=1S/C20H28N4O5/c25-13-23(28)11-15(9-14-3-1-2-4-14)18(27)24-12-20(5-6-20)10-16(24)17(26)22-19-21-7-8-29-19/h7-8,13-16,28H,1-6,9-12H2,(H,21,22,26). The van der Waals surface area contributed by atoms with Gasteiger partial charge in [0.15, 0.2) is 0 Å². The first-order valence-corrected chi connectivity index (χ1v) is 10.4. The molecule has 2 heterocycles. The van der Waals surface area contributed by atoms with Crippen molar-refractivity contribution in [3.63, 3.8) is 0 Å². The van der Waals surface area contributed by atoms with Crippen molar-refractivity contribution in [2.24, 2.45) is 17.3 Å². The average molecular weight is 404 g/mol. The summed E-state index contributed by atoms with van der Waals surface area (Å²) in [6, 6.07) is -0.476. The normalized spacial score (nSPS) is 23.9. The summed E-state index contributed by atoms with van der Waals surface area (Å²) in [6.45, 7) is 0.500. The Morgan fingerprint density at radius 1 is 1.41 bits per heavy atom. The van der Waals surface area contributed by atoms with E-state index in [2.05, 4.69) is 10.3 Å². The van der Waals surface area contributed by atoms with Crippen LogP contribution in [0, 0.1) is 17.3 Å². The van der Waals surface area contributed by atoms with Crippen molar-refractivity contribution >= 4 is 24.2 Å². The molecule has 1 saturated heterocycles. The first kappa shape index (κ1) is 19.9. The number of hydrogen-bond acceptors (Lipinski definition) is 6.